The van der Waals surface area contributed by atoms with Crippen LogP contribution in [0.15, 0.2) is 52.3 Å². The molecule has 2 aromatic carbocycles. The number of hydrogen-bond acceptors (Lipinski definition) is 3. The molecule has 24 heavy (non-hydrogen) atoms. The predicted octanol–water partition coefficient (Wildman–Crippen LogP) is 3.35. The van der Waals surface area contributed by atoms with Crippen LogP contribution in [0.2, 0.25) is 5.02 Å². The van der Waals surface area contributed by atoms with Crippen LogP contribution in [0.25, 0.3) is 0 Å². The molecule has 0 bridgehead atoms. The Labute approximate surface area is 150 Å². The molecule has 0 N–H and O–H groups in total. The summed E-state index contributed by atoms with van der Waals surface area (Å²) in [5.74, 6) is 0. The van der Waals surface area contributed by atoms with Gasteiger partial charge in [-0.05, 0) is 48.9 Å². The molecular formula is C19H21ClN2OS. The minimum Gasteiger partial charge on any atom is -0.304 e. The molecule has 1 saturated heterocycles. The summed E-state index contributed by atoms with van der Waals surface area (Å²) < 4.78 is 13.2. The number of benzene rings is 2. The smallest absolute Gasteiger partial charge is 0.0855 e. The van der Waals surface area contributed by atoms with Crippen LogP contribution < -0.4 is 0 Å². The Kier molecular flexibility index (Phi) is 4.48. The van der Waals surface area contributed by atoms with Crippen molar-refractivity contribution in [1.82, 2.24) is 9.80 Å². The molecule has 2 aliphatic rings. The highest BCUT2D eigenvalue weighted by Gasteiger charge is 2.31. The molecular weight excluding hydrogens is 340 g/mol. The average Bonchev–Trinajstić information content (AvgIpc) is 2.71. The molecule has 1 fully saturated rings. The molecule has 5 heteroatoms. The number of halogens is 1. The first-order valence-corrected chi connectivity index (χ1v) is 9.88. The third-order valence-corrected chi connectivity index (χ3v) is 6.90. The molecule has 0 aliphatic carbocycles. The van der Waals surface area contributed by atoms with Gasteiger partial charge in [0.15, 0.2) is 0 Å². The van der Waals surface area contributed by atoms with Gasteiger partial charge in [0.1, 0.15) is 0 Å². The first kappa shape index (κ1) is 16.3. The van der Waals surface area contributed by atoms with Gasteiger partial charge in [0.2, 0.25) is 0 Å². The number of hydrogen-bond donors (Lipinski definition) is 0. The Bertz CT molecular complexity index is 787. The first-order chi connectivity index (χ1) is 11.6. The average molecular weight is 361 g/mol. The van der Waals surface area contributed by atoms with Gasteiger partial charge < -0.3 is 4.90 Å². The number of rotatable bonds is 1. The molecule has 2 heterocycles. The summed E-state index contributed by atoms with van der Waals surface area (Å²) in [4.78, 5) is 6.73. The highest BCUT2D eigenvalue weighted by Crippen LogP contribution is 2.38. The Balaban J connectivity index is 1.82. The molecule has 4 rings (SSSR count). The van der Waals surface area contributed by atoms with Crippen LogP contribution in [0.5, 0.6) is 0 Å². The van der Waals surface area contributed by atoms with Crippen molar-refractivity contribution in [2.45, 2.75) is 22.3 Å². The van der Waals surface area contributed by atoms with E-state index in [1.54, 1.807) is 0 Å². The molecule has 2 aromatic rings. The van der Waals surface area contributed by atoms with Crippen molar-refractivity contribution in [3.05, 3.63) is 58.6 Å². The fourth-order valence-electron chi connectivity index (χ4n) is 3.70. The molecule has 126 valence electrons. The lowest BCUT2D eigenvalue weighted by atomic mass is 9.96. The second-order valence-electron chi connectivity index (χ2n) is 6.62. The van der Waals surface area contributed by atoms with E-state index in [4.69, 9.17) is 11.6 Å². The second kappa shape index (κ2) is 6.60. The van der Waals surface area contributed by atoms with Gasteiger partial charge in [-0.15, -0.1) is 0 Å². The maximum atomic E-state index is 13.2. The zero-order valence-corrected chi connectivity index (χ0v) is 15.3. The van der Waals surface area contributed by atoms with Crippen LogP contribution in [0, 0.1) is 0 Å². The number of likely N-dealkylation sites (N-methyl/N-ethyl adjacent to an activating group) is 1. The monoisotopic (exact) mass is 360 g/mol. The summed E-state index contributed by atoms with van der Waals surface area (Å²) in [6, 6.07) is 14.2. The Morgan fingerprint density at radius 3 is 2.58 bits per heavy atom. The van der Waals surface area contributed by atoms with E-state index < -0.39 is 10.8 Å². The largest absolute Gasteiger partial charge is 0.304 e. The van der Waals surface area contributed by atoms with Crippen molar-refractivity contribution in [2.24, 2.45) is 0 Å². The van der Waals surface area contributed by atoms with Gasteiger partial charge >= 0.3 is 0 Å². The van der Waals surface area contributed by atoms with Gasteiger partial charge in [0.05, 0.1) is 10.8 Å². The molecule has 0 aromatic heterocycles. The van der Waals surface area contributed by atoms with E-state index in [2.05, 4.69) is 22.9 Å². The summed E-state index contributed by atoms with van der Waals surface area (Å²) in [6.07, 6.45) is 0.888. The molecule has 0 unspecified atom stereocenters. The maximum absolute atomic E-state index is 13.2. The summed E-state index contributed by atoms with van der Waals surface area (Å²) >= 11 is 6.29. The summed E-state index contributed by atoms with van der Waals surface area (Å²) in [5.41, 5.74) is 2.31. The standard InChI is InChI=1S/C19H21ClN2OS/c1-21-8-10-22(11-9-21)17-12-14-4-2-3-5-18(14)24(23)19-7-6-15(20)13-16(17)19/h2-7,13,17H,8-12H2,1H3/t17-,24+/m1/s1. The van der Waals surface area contributed by atoms with Gasteiger partial charge in [-0.25, -0.2) is 4.21 Å². The van der Waals surface area contributed by atoms with Crippen LogP contribution in [0.3, 0.4) is 0 Å². The Hall–Kier alpha value is -1.20. The zero-order chi connectivity index (χ0) is 16.7. The highest BCUT2D eigenvalue weighted by atomic mass is 35.5. The Morgan fingerprint density at radius 1 is 1.04 bits per heavy atom. The van der Waals surface area contributed by atoms with Crippen molar-refractivity contribution in [3.8, 4) is 0 Å². The maximum Gasteiger partial charge on any atom is 0.0855 e. The van der Waals surface area contributed by atoms with E-state index in [1.807, 2.05) is 36.4 Å². The van der Waals surface area contributed by atoms with E-state index in [1.165, 1.54) is 5.56 Å². The van der Waals surface area contributed by atoms with Crippen molar-refractivity contribution in [3.63, 3.8) is 0 Å². The van der Waals surface area contributed by atoms with Crippen LogP contribution in [-0.4, -0.2) is 47.2 Å². The molecule has 0 radical (unpaired) electrons. The lowest BCUT2D eigenvalue weighted by molar-refractivity contribution is 0.110. The second-order valence-corrected chi connectivity index (χ2v) is 8.47. The van der Waals surface area contributed by atoms with Gasteiger partial charge in [0, 0.05) is 47.0 Å². The van der Waals surface area contributed by atoms with E-state index in [0.717, 1.165) is 53.0 Å². The van der Waals surface area contributed by atoms with E-state index in [9.17, 15) is 4.21 Å². The highest BCUT2D eigenvalue weighted by molar-refractivity contribution is 7.85. The van der Waals surface area contributed by atoms with Crippen molar-refractivity contribution in [1.29, 1.82) is 0 Å². The fraction of sp³-hybridized carbons (Fsp3) is 0.368. The Morgan fingerprint density at radius 2 is 1.79 bits per heavy atom. The lowest BCUT2D eigenvalue weighted by Gasteiger charge is -2.38. The zero-order valence-electron chi connectivity index (χ0n) is 13.7. The van der Waals surface area contributed by atoms with E-state index in [0.29, 0.717) is 0 Å². The third kappa shape index (κ3) is 2.93. The van der Waals surface area contributed by atoms with Crippen LogP contribution in [-0.2, 0) is 17.2 Å². The van der Waals surface area contributed by atoms with Crippen LogP contribution in [0.1, 0.15) is 17.2 Å². The van der Waals surface area contributed by atoms with Crippen molar-refractivity contribution < 1.29 is 4.21 Å². The van der Waals surface area contributed by atoms with Crippen LogP contribution >= 0.6 is 11.6 Å². The minimum atomic E-state index is -1.14. The number of fused-ring (bicyclic) bond motifs is 2. The minimum absolute atomic E-state index is 0.236. The van der Waals surface area contributed by atoms with Crippen molar-refractivity contribution >= 4 is 22.4 Å². The molecule has 0 spiro atoms. The first-order valence-electron chi connectivity index (χ1n) is 8.35. The van der Waals surface area contributed by atoms with E-state index in [-0.39, 0.29) is 6.04 Å². The quantitative estimate of drug-likeness (QED) is 0.779. The predicted molar refractivity (Wildman–Crippen MR) is 98.1 cm³/mol. The SMILES string of the molecule is CN1CCN([C@@H]2Cc3ccccc3[S@](=O)c3ccc(Cl)cc32)CC1. The van der Waals surface area contributed by atoms with Gasteiger partial charge in [0.25, 0.3) is 0 Å². The number of piperazine rings is 1. The summed E-state index contributed by atoms with van der Waals surface area (Å²) in [7, 11) is 1.02. The van der Waals surface area contributed by atoms with Crippen molar-refractivity contribution in [2.75, 3.05) is 33.2 Å². The molecule has 2 aliphatic heterocycles. The molecule has 3 nitrogen and oxygen atoms in total. The third-order valence-electron chi connectivity index (χ3n) is 5.09. The summed E-state index contributed by atoms with van der Waals surface area (Å²) in [6.45, 7) is 4.19. The number of nitrogens with zero attached hydrogens (tertiary/aromatic N) is 2. The van der Waals surface area contributed by atoms with Gasteiger partial charge in [-0.3, -0.25) is 4.90 Å². The van der Waals surface area contributed by atoms with Gasteiger partial charge in [-0.2, -0.15) is 0 Å². The normalized spacial score (nSPS) is 24.9. The molecule has 0 amide bonds. The van der Waals surface area contributed by atoms with E-state index >= 15 is 0 Å². The molecule has 0 saturated carbocycles. The molecule has 2 atom stereocenters. The van der Waals surface area contributed by atoms with Crippen LogP contribution in [0.4, 0.5) is 0 Å². The lowest BCUT2D eigenvalue weighted by Crippen LogP contribution is -2.46. The fourth-order valence-corrected chi connectivity index (χ4v) is 5.31. The topological polar surface area (TPSA) is 23.6 Å². The summed E-state index contributed by atoms with van der Waals surface area (Å²) in [5, 5.41) is 0.718. The van der Waals surface area contributed by atoms with Gasteiger partial charge in [-0.1, -0.05) is 29.8 Å².